The van der Waals surface area contributed by atoms with Gasteiger partial charge < -0.3 is 30.3 Å². The van der Waals surface area contributed by atoms with Crippen molar-refractivity contribution < 1.29 is 35.1 Å². The molecule has 3 fully saturated rings. The smallest absolute Gasteiger partial charge is 0.331 e. The van der Waals surface area contributed by atoms with E-state index in [1.807, 2.05) is 36.4 Å². The highest BCUT2D eigenvalue weighted by molar-refractivity contribution is 5.87. The first kappa shape index (κ1) is 26.6. The molecule has 0 aliphatic heterocycles. The normalized spacial score (nSPS) is 45.9. The maximum Gasteiger partial charge on any atom is 0.331 e. The van der Waals surface area contributed by atoms with Crippen LogP contribution in [0, 0.1) is 16.7 Å². The summed E-state index contributed by atoms with van der Waals surface area (Å²) in [5.41, 5.74) is -5.31. The lowest BCUT2D eigenvalue weighted by Gasteiger charge is -2.67. The first-order valence-electron chi connectivity index (χ1n) is 13.5. The molecule has 0 spiro atoms. The van der Waals surface area contributed by atoms with E-state index in [1.54, 1.807) is 13.0 Å². The number of aliphatic hydroxyl groups is 5. The molecule has 7 heteroatoms. The molecular weight excluding hydrogens is 472 g/mol. The van der Waals surface area contributed by atoms with E-state index in [-0.39, 0.29) is 25.7 Å². The quantitative estimate of drug-likeness (QED) is 0.238. The van der Waals surface area contributed by atoms with Gasteiger partial charge in [-0.3, -0.25) is 0 Å². The molecule has 4 aliphatic carbocycles. The van der Waals surface area contributed by atoms with Gasteiger partial charge in [0.2, 0.25) is 0 Å². The molecule has 0 heterocycles. The van der Waals surface area contributed by atoms with Crippen molar-refractivity contribution in [1.29, 1.82) is 0 Å². The van der Waals surface area contributed by atoms with Crippen LogP contribution >= 0.6 is 0 Å². The molecule has 7 nitrogen and oxygen atoms in total. The molecule has 0 aromatic heterocycles. The van der Waals surface area contributed by atoms with Crippen molar-refractivity contribution in [2.24, 2.45) is 16.7 Å². The first-order valence-corrected chi connectivity index (χ1v) is 13.5. The van der Waals surface area contributed by atoms with Gasteiger partial charge in [0.15, 0.2) is 0 Å². The fourth-order valence-electron chi connectivity index (χ4n) is 8.42. The van der Waals surface area contributed by atoms with E-state index in [4.69, 9.17) is 4.74 Å². The number of esters is 1. The molecule has 0 amide bonds. The van der Waals surface area contributed by atoms with Gasteiger partial charge in [0.1, 0.15) is 22.9 Å². The molecular formula is C30H40O7. The van der Waals surface area contributed by atoms with E-state index in [0.717, 1.165) is 11.1 Å². The summed E-state index contributed by atoms with van der Waals surface area (Å²) in [4.78, 5) is 13.1. The van der Waals surface area contributed by atoms with E-state index < -0.39 is 57.8 Å². The lowest BCUT2D eigenvalue weighted by atomic mass is 9.42. The summed E-state index contributed by atoms with van der Waals surface area (Å²) in [6, 6.07) is 9.34. The average molecular weight is 513 g/mol. The summed E-state index contributed by atoms with van der Waals surface area (Å²) in [7, 11) is 0. The number of benzene rings is 1. The van der Waals surface area contributed by atoms with Crippen molar-refractivity contribution in [1.82, 2.24) is 0 Å². The number of aliphatic hydroxyl groups excluding tert-OH is 2. The Morgan fingerprint density at radius 3 is 2.49 bits per heavy atom. The molecule has 1 aromatic rings. The maximum absolute atomic E-state index is 13.1. The van der Waals surface area contributed by atoms with Gasteiger partial charge >= 0.3 is 5.97 Å². The second kappa shape index (κ2) is 8.75. The van der Waals surface area contributed by atoms with Gasteiger partial charge in [-0.25, -0.2) is 4.79 Å². The zero-order valence-corrected chi connectivity index (χ0v) is 21.9. The van der Waals surface area contributed by atoms with Crippen LogP contribution in [0.5, 0.6) is 0 Å². The zero-order valence-electron chi connectivity index (χ0n) is 21.9. The van der Waals surface area contributed by atoms with Crippen LogP contribution in [0.4, 0.5) is 0 Å². The van der Waals surface area contributed by atoms with Crippen LogP contribution in [0.1, 0.15) is 71.3 Å². The molecule has 9 atom stereocenters. The average Bonchev–Trinajstić information content (AvgIpc) is 3.10. The molecule has 0 bridgehead atoms. The number of rotatable bonds is 4. The second-order valence-electron chi connectivity index (χ2n) is 12.3. The highest BCUT2D eigenvalue weighted by Crippen LogP contribution is 2.71. The Balaban J connectivity index is 1.57. The minimum atomic E-state index is -1.82. The lowest BCUT2D eigenvalue weighted by molar-refractivity contribution is -0.326. The number of carbonyl (C=O) groups excluding carboxylic acids is 1. The molecule has 5 N–H and O–H groups in total. The van der Waals surface area contributed by atoms with Gasteiger partial charge in [0.25, 0.3) is 0 Å². The van der Waals surface area contributed by atoms with Crippen LogP contribution in [0.15, 0.2) is 48.1 Å². The second-order valence-corrected chi connectivity index (χ2v) is 12.3. The van der Waals surface area contributed by atoms with Crippen molar-refractivity contribution >= 4 is 12.0 Å². The van der Waals surface area contributed by atoms with Crippen LogP contribution in [0.25, 0.3) is 6.08 Å². The number of carbonyl (C=O) groups is 1. The zero-order chi connectivity index (χ0) is 26.9. The fourth-order valence-corrected chi connectivity index (χ4v) is 8.42. The van der Waals surface area contributed by atoms with Crippen molar-refractivity contribution in [3.8, 4) is 0 Å². The number of ether oxygens (including phenoxy) is 1. The molecule has 2 unspecified atom stereocenters. The Labute approximate surface area is 218 Å². The minimum absolute atomic E-state index is 0.0621. The number of hydrogen-bond acceptors (Lipinski definition) is 7. The maximum atomic E-state index is 13.1. The third-order valence-electron chi connectivity index (χ3n) is 10.8. The molecule has 0 radical (unpaired) electrons. The van der Waals surface area contributed by atoms with E-state index >= 15 is 0 Å². The predicted octanol–water partition coefficient (Wildman–Crippen LogP) is 2.89. The van der Waals surface area contributed by atoms with Gasteiger partial charge in [-0.1, -0.05) is 55.8 Å². The largest absolute Gasteiger partial charge is 0.458 e. The van der Waals surface area contributed by atoms with Crippen molar-refractivity contribution in [3.05, 3.63) is 53.6 Å². The van der Waals surface area contributed by atoms with Crippen molar-refractivity contribution in [2.75, 3.05) is 0 Å². The summed E-state index contributed by atoms with van der Waals surface area (Å²) in [6.45, 7) is 5.19. The molecule has 37 heavy (non-hydrogen) atoms. The Kier molecular flexibility index (Phi) is 6.28. The SMILES string of the molecule is CC(O)[C@@]1(O)CC[C@]2(O)C3(O)CC=C4C[C@@H](O)CC[C@]4(C)[C@H]3C[C@@H](OC(=O)/C=C/c3ccccc3)[C@]12C. The molecule has 1 aromatic carbocycles. The van der Waals surface area contributed by atoms with E-state index in [2.05, 4.69) is 6.92 Å². The Morgan fingerprint density at radius 1 is 1.11 bits per heavy atom. The van der Waals surface area contributed by atoms with Crippen LogP contribution in [0.3, 0.4) is 0 Å². The summed E-state index contributed by atoms with van der Waals surface area (Å²) in [5.74, 6) is -1.07. The standard InChI is InChI=1S/C30H40O7/c1-19(31)28(34)15-16-30(36)27(28,3)24(37-25(33)10-9-20-7-5-4-6-8-20)18-23-26(2)13-12-22(32)17-21(26)11-14-29(23,30)35/h4-11,19,22-24,31-32,34-36H,12-18H2,1-3H3/b10-9+/t19?,22-,23+,24+,26-,27+,28-,29?,30+/m0/s1. The highest BCUT2D eigenvalue weighted by Gasteiger charge is 2.81. The Bertz CT molecular complexity index is 1110. The predicted molar refractivity (Wildman–Crippen MR) is 138 cm³/mol. The lowest BCUT2D eigenvalue weighted by Crippen LogP contribution is -2.78. The third kappa shape index (κ3) is 3.54. The summed E-state index contributed by atoms with van der Waals surface area (Å²) in [6.07, 6.45) is 4.57. The van der Waals surface area contributed by atoms with Crippen LogP contribution in [0.2, 0.25) is 0 Å². The Hall–Kier alpha value is -2.03. The monoisotopic (exact) mass is 512 g/mol. The number of fused-ring (bicyclic) bond motifs is 5. The van der Waals surface area contributed by atoms with E-state index in [1.165, 1.54) is 13.0 Å². The molecule has 3 saturated carbocycles. The van der Waals surface area contributed by atoms with Gasteiger partial charge in [-0.15, -0.1) is 0 Å². The Morgan fingerprint density at radius 2 is 1.81 bits per heavy atom. The van der Waals surface area contributed by atoms with Crippen molar-refractivity contribution in [3.63, 3.8) is 0 Å². The van der Waals surface area contributed by atoms with Crippen LogP contribution in [-0.4, -0.2) is 66.6 Å². The summed E-state index contributed by atoms with van der Waals surface area (Å²) in [5, 5.41) is 57.7. The van der Waals surface area contributed by atoms with E-state index in [0.29, 0.717) is 19.3 Å². The molecule has 4 aliphatic rings. The van der Waals surface area contributed by atoms with Crippen molar-refractivity contribution in [2.45, 2.75) is 101 Å². The van der Waals surface area contributed by atoms with Gasteiger partial charge in [0.05, 0.1) is 17.6 Å². The topological polar surface area (TPSA) is 127 Å². The molecule has 202 valence electrons. The summed E-state index contributed by atoms with van der Waals surface area (Å²) >= 11 is 0. The van der Waals surface area contributed by atoms with Crippen LogP contribution < -0.4 is 0 Å². The third-order valence-corrected chi connectivity index (χ3v) is 10.8. The van der Waals surface area contributed by atoms with E-state index in [9.17, 15) is 30.3 Å². The van der Waals surface area contributed by atoms with Gasteiger partial charge in [-0.2, -0.15) is 0 Å². The first-order chi connectivity index (χ1) is 17.3. The van der Waals surface area contributed by atoms with Gasteiger partial charge in [0, 0.05) is 12.0 Å². The number of hydrogen-bond donors (Lipinski definition) is 5. The molecule has 0 saturated heterocycles. The van der Waals surface area contributed by atoms with Gasteiger partial charge in [-0.05, 0) is 68.9 Å². The minimum Gasteiger partial charge on any atom is -0.458 e. The van der Waals surface area contributed by atoms with Crippen LogP contribution in [-0.2, 0) is 9.53 Å². The fraction of sp³-hybridized carbons (Fsp3) is 0.633. The highest BCUT2D eigenvalue weighted by atomic mass is 16.5. The molecule has 5 rings (SSSR count). The summed E-state index contributed by atoms with van der Waals surface area (Å²) < 4.78 is 6.04.